The van der Waals surface area contributed by atoms with Crippen LogP contribution in [-0.2, 0) is 32.2 Å². The van der Waals surface area contributed by atoms with Gasteiger partial charge in [-0.05, 0) is 48.4 Å². The quantitative estimate of drug-likeness (QED) is 0.378. The average Bonchev–Trinajstić information content (AvgIpc) is 3.21. The SMILES string of the molecule is CC(C)CC(NC(=O)C(=O)N1CCCCCC1)C(=O)NC(Cc1ccc(OCc2ccccc2)cc1)C(=O)O. The van der Waals surface area contributed by atoms with Crippen LogP contribution in [0.25, 0.3) is 0 Å². The molecule has 1 fully saturated rings. The summed E-state index contributed by atoms with van der Waals surface area (Å²) in [4.78, 5) is 52.1. The van der Waals surface area contributed by atoms with Gasteiger partial charge >= 0.3 is 17.8 Å². The van der Waals surface area contributed by atoms with Crippen LogP contribution in [0.1, 0.15) is 57.1 Å². The van der Waals surface area contributed by atoms with Gasteiger partial charge in [-0.3, -0.25) is 14.4 Å². The number of likely N-dealkylation sites (tertiary alicyclic amines) is 1. The van der Waals surface area contributed by atoms with Crippen LogP contribution in [-0.4, -0.2) is 58.9 Å². The summed E-state index contributed by atoms with van der Waals surface area (Å²) in [6.45, 7) is 5.23. The first kappa shape index (κ1) is 29.7. The Balaban J connectivity index is 1.59. The fourth-order valence-electron chi connectivity index (χ4n) is 4.51. The van der Waals surface area contributed by atoms with Gasteiger partial charge in [0, 0.05) is 19.5 Å². The van der Waals surface area contributed by atoms with Crippen molar-refractivity contribution in [2.75, 3.05) is 13.1 Å². The number of benzene rings is 2. The maximum Gasteiger partial charge on any atom is 0.326 e. The van der Waals surface area contributed by atoms with Crippen molar-refractivity contribution in [3.05, 3.63) is 65.7 Å². The number of aliphatic carboxylic acids is 1. The fraction of sp³-hybridized carbons (Fsp3) is 0.467. The van der Waals surface area contributed by atoms with Gasteiger partial charge in [-0.25, -0.2) is 4.79 Å². The lowest BCUT2D eigenvalue weighted by atomic mass is 10.0. The fourth-order valence-corrected chi connectivity index (χ4v) is 4.51. The van der Waals surface area contributed by atoms with Crippen molar-refractivity contribution in [2.45, 2.75) is 71.1 Å². The molecule has 3 N–H and O–H groups in total. The Labute approximate surface area is 229 Å². The molecule has 39 heavy (non-hydrogen) atoms. The van der Waals surface area contributed by atoms with E-state index in [4.69, 9.17) is 4.74 Å². The molecule has 1 saturated heterocycles. The van der Waals surface area contributed by atoms with Crippen molar-refractivity contribution < 1.29 is 29.0 Å². The van der Waals surface area contributed by atoms with Crippen molar-refractivity contribution >= 4 is 23.7 Å². The first-order valence-corrected chi connectivity index (χ1v) is 13.6. The van der Waals surface area contributed by atoms with Gasteiger partial charge < -0.3 is 25.4 Å². The summed E-state index contributed by atoms with van der Waals surface area (Å²) < 4.78 is 5.78. The van der Waals surface area contributed by atoms with E-state index in [0.29, 0.717) is 31.0 Å². The van der Waals surface area contributed by atoms with E-state index in [1.54, 1.807) is 24.3 Å². The van der Waals surface area contributed by atoms with Gasteiger partial charge in [0.1, 0.15) is 24.4 Å². The van der Waals surface area contributed by atoms with Gasteiger partial charge in [0.2, 0.25) is 5.91 Å². The van der Waals surface area contributed by atoms with Crippen LogP contribution < -0.4 is 15.4 Å². The largest absolute Gasteiger partial charge is 0.489 e. The molecule has 2 unspecified atom stereocenters. The Morgan fingerprint density at radius 1 is 0.846 bits per heavy atom. The minimum Gasteiger partial charge on any atom is -0.489 e. The molecule has 1 aliphatic heterocycles. The van der Waals surface area contributed by atoms with Crippen molar-refractivity contribution in [2.24, 2.45) is 5.92 Å². The van der Waals surface area contributed by atoms with Crippen molar-refractivity contribution in [3.63, 3.8) is 0 Å². The second-order valence-electron chi connectivity index (χ2n) is 10.4. The second kappa shape index (κ2) is 14.9. The van der Waals surface area contributed by atoms with Crippen molar-refractivity contribution in [1.82, 2.24) is 15.5 Å². The summed E-state index contributed by atoms with van der Waals surface area (Å²) in [7, 11) is 0. The molecule has 1 aliphatic rings. The number of nitrogens with zero attached hydrogens (tertiary/aromatic N) is 1. The number of nitrogens with one attached hydrogen (secondary N) is 2. The van der Waals surface area contributed by atoms with E-state index >= 15 is 0 Å². The number of rotatable bonds is 11. The number of hydrogen-bond acceptors (Lipinski definition) is 5. The summed E-state index contributed by atoms with van der Waals surface area (Å²) in [6, 6.07) is 14.6. The zero-order chi connectivity index (χ0) is 28.2. The molecule has 2 aromatic rings. The normalized spacial score (nSPS) is 15.1. The van der Waals surface area contributed by atoms with Crippen LogP contribution in [0.15, 0.2) is 54.6 Å². The average molecular weight is 538 g/mol. The molecule has 9 heteroatoms. The Morgan fingerprint density at radius 3 is 2.08 bits per heavy atom. The predicted octanol–water partition coefficient (Wildman–Crippen LogP) is 3.31. The maximum absolute atomic E-state index is 13.1. The van der Waals surface area contributed by atoms with Gasteiger partial charge in [0.25, 0.3) is 0 Å². The molecule has 0 spiro atoms. The molecule has 2 aromatic carbocycles. The number of hydrogen-bond donors (Lipinski definition) is 3. The molecule has 0 aliphatic carbocycles. The molecule has 0 bridgehead atoms. The predicted molar refractivity (Wildman–Crippen MR) is 147 cm³/mol. The Hall–Kier alpha value is -3.88. The molecular formula is C30H39N3O6. The van der Waals surface area contributed by atoms with Gasteiger partial charge in [0.05, 0.1) is 0 Å². The molecule has 1 heterocycles. The van der Waals surface area contributed by atoms with E-state index < -0.39 is 35.8 Å². The first-order valence-electron chi connectivity index (χ1n) is 13.6. The van der Waals surface area contributed by atoms with E-state index in [9.17, 15) is 24.3 Å². The summed E-state index contributed by atoms with van der Waals surface area (Å²) in [5.74, 6) is -2.63. The molecule has 0 saturated carbocycles. The monoisotopic (exact) mass is 537 g/mol. The number of carboxylic acid groups (broad SMARTS) is 1. The molecule has 3 rings (SSSR count). The van der Waals surface area contributed by atoms with Crippen LogP contribution in [0.5, 0.6) is 5.75 Å². The highest BCUT2D eigenvalue weighted by molar-refractivity contribution is 6.35. The third kappa shape index (κ3) is 9.74. The molecule has 3 amide bonds. The van der Waals surface area contributed by atoms with Crippen LogP contribution in [0.2, 0.25) is 0 Å². The summed E-state index contributed by atoms with van der Waals surface area (Å²) in [6.07, 6.45) is 4.04. The van der Waals surface area contributed by atoms with E-state index in [0.717, 1.165) is 31.2 Å². The molecule has 9 nitrogen and oxygen atoms in total. The lowest BCUT2D eigenvalue weighted by Gasteiger charge is -2.24. The number of carbonyl (C=O) groups excluding carboxylic acids is 3. The molecular weight excluding hydrogens is 498 g/mol. The van der Waals surface area contributed by atoms with Crippen LogP contribution >= 0.6 is 0 Å². The minimum atomic E-state index is -1.21. The second-order valence-corrected chi connectivity index (χ2v) is 10.4. The lowest BCUT2D eigenvalue weighted by Crippen LogP contribution is -2.55. The number of carbonyl (C=O) groups is 4. The Morgan fingerprint density at radius 2 is 1.49 bits per heavy atom. The third-order valence-electron chi connectivity index (χ3n) is 6.64. The van der Waals surface area contributed by atoms with E-state index in [1.807, 2.05) is 44.2 Å². The summed E-state index contributed by atoms with van der Waals surface area (Å²) in [5, 5.41) is 14.9. The third-order valence-corrected chi connectivity index (χ3v) is 6.64. The Kier molecular flexibility index (Phi) is 11.3. The van der Waals surface area contributed by atoms with Gasteiger partial charge in [-0.15, -0.1) is 0 Å². The van der Waals surface area contributed by atoms with Crippen molar-refractivity contribution in [1.29, 1.82) is 0 Å². The number of amides is 3. The first-order chi connectivity index (χ1) is 18.7. The topological polar surface area (TPSA) is 125 Å². The van der Waals surface area contributed by atoms with Gasteiger partial charge in [-0.2, -0.15) is 0 Å². The molecule has 0 aromatic heterocycles. The highest BCUT2D eigenvalue weighted by Gasteiger charge is 2.30. The van der Waals surface area contributed by atoms with Crippen LogP contribution in [0.3, 0.4) is 0 Å². The minimum absolute atomic E-state index is 0.0287. The van der Waals surface area contributed by atoms with E-state index in [-0.39, 0.29) is 18.8 Å². The summed E-state index contributed by atoms with van der Waals surface area (Å²) >= 11 is 0. The lowest BCUT2D eigenvalue weighted by molar-refractivity contribution is -0.147. The van der Waals surface area contributed by atoms with E-state index in [2.05, 4.69) is 10.6 Å². The van der Waals surface area contributed by atoms with Crippen molar-refractivity contribution in [3.8, 4) is 5.75 Å². The molecule has 2 atom stereocenters. The van der Waals surface area contributed by atoms with Crippen LogP contribution in [0, 0.1) is 5.92 Å². The maximum atomic E-state index is 13.1. The standard InChI is InChI=1S/C30H39N3O6/c1-21(2)18-25(31-28(35)29(36)33-16-8-3-4-9-17-33)27(34)32-26(30(37)38)19-22-12-14-24(15-13-22)39-20-23-10-6-5-7-11-23/h5-7,10-15,21,25-26H,3-4,8-9,16-20H2,1-2H3,(H,31,35)(H,32,34)(H,37,38). The number of ether oxygens (including phenoxy) is 1. The van der Waals surface area contributed by atoms with Gasteiger partial charge in [0.15, 0.2) is 0 Å². The number of carboxylic acids is 1. The highest BCUT2D eigenvalue weighted by Crippen LogP contribution is 2.16. The molecule has 210 valence electrons. The molecule has 0 radical (unpaired) electrons. The summed E-state index contributed by atoms with van der Waals surface area (Å²) in [5.41, 5.74) is 1.74. The zero-order valence-electron chi connectivity index (χ0n) is 22.7. The van der Waals surface area contributed by atoms with E-state index in [1.165, 1.54) is 4.90 Å². The van der Waals surface area contributed by atoms with Gasteiger partial charge in [-0.1, -0.05) is 69.2 Å². The Bertz CT molecular complexity index is 1100. The van der Waals surface area contributed by atoms with Crippen LogP contribution in [0.4, 0.5) is 0 Å². The zero-order valence-corrected chi connectivity index (χ0v) is 22.7. The smallest absolute Gasteiger partial charge is 0.326 e. The highest BCUT2D eigenvalue weighted by atomic mass is 16.5.